The van der Waals surface area contributed by atoms with E-state index in [1.165, 1.54) is 16.2 Å². The molecule has 0 aliphatic carbocycles. The third-order valence-electron chi connectivity index (χ3n) is 6.17. The van der Waals surface area contributed by atoms with Crippen molar-refractivity contribution in [2.45, 2.75) is 40.2 Å². The Labute approximate surface area is 215 Å². The number of methoxy groups -OCH3 is 1. The van der Waals surface area contributed by atoms with Gasteiger partial charge >= 0.3 is 5.91 Å². The number of hydrogen-bond acceptors (Lipinski definition) is 7. The van der Waals surface area contributed by atoms with Crippen molar-refractivity contribution >= 4 is 33.9 Å². The maximum atomic E-state index is 13.3. The number of ketones is 1. The van der Waals surface area contributed by atoms with Crippen LogP contribution >= 0.6 is 11.3 Å². The molecule has 188 valence electrons. The van der Waals surface area contributed by atoms with E-state index in [0.29, 0.717) is 40.3 Å². The van der Waals surface area contributed by atoms with Crippen LogP contribution in [0.5, 0.6) is 11.5 Å². The maximum Gasteiger partial charge on any atom is 0.301 e. The first-order valence-corrected chi connectivity index (χ1v) is 12.7. The molecule has 1 saturated heterocycles. The number of aromatic nitrogens is 1. The van der Waals surface area contributed by atoms with Crippen molar-refractivity contribution in [1.29, 1.82) is 0 Å². The highest BCUT2D eigenvalue weighted by Gasteiger charge is 2.48. The van der Waals surface area contributed by atoms with Gasteiger partial charge in [-0.05, 0) is 55.5 Å². The predicted octanol–water partition coefficient (Wildman–Crippen LogP) is 5.82. The van der Waals surface area contributed by atoms with Crippen molar-refractivity contribution in [2.24, 2.45) is 5.92 Å². The molecule has 36 heavy (non-hydrogen) atoms. The van der Waals surface area contributed by atoms with Crippen molar-refractivity contribution in [3.8, 4) is 11.5 Å². The van der Waals surface area contributed by atoms with Gasteiger partial charge < -0.3 is 14.6 Å². The van der Waals surface area contributed by atoms with E-state index in [-0.39, 0.29) is 11.3 Å². The molecule has 1 unspecified atom stereocenters. The van der Waals surface area contributed by atoms with Gasteiger partial charge in [0, 0.05) is 17.1 Å². The molecule has 8 heteroatoms. The van der Waals surface area contributed by atoms with Gasteiger partial charge in [0.25, 0.3) is 5.78 Å². The maximum absolute atomic E-state index is 13.3. The summed E-state index contributed by atoms with van der Waals surface area (Å²) < 4.78 is 11.5. The molecule has 1 aliphatic heterocycles. The highest BCUT2D eigenvalue weighted by Crippen LogP contribution is 2.44. The van der Waals surface area contributed by atoms with Gasteiger partial charge in [-0.2, -0.15) is 0 Å². The lowest BCUT2D eigenvalue weighted by Gasteiger charge is -2.24. The Morgan fingerprint density at radius 3 is 2.58 bits per heavy atom. The molecule has 7 nitrogen and oxygen atoms in total. The molecule has 0 spiro atoms. The average Bonchev–Trinajstić information content (AvgIpc) is 3.47. The van der Waals surface area contributed by atoms with E-state index in [1.54, 1.807) is 36.9 Å². The molecular weight excluding hydrogens is 476 g/mol. The summed E-state index contributed by atoms with van der Waals surface area (Å²) in [7, 11) is 1.54. The molecule has 0 bridgehead atoms. The van der Waals surface area contributed by atoms with Crippen LogP contribution < -0.4 is 14.4 Å². The first-order valence-electron chi connectivity index (χ1n) is 11.8. The number of rotatable bonds is 8. The van der Waals surface area contributed by atoms with Crippen LogP contribution in [0.3, 0.4) is 0 Å². The van der Waals surface area contributed by atoms with Crippen LogP contribution in [0.2, 0.25) is 0 Å². The van der Waals surface area contributed by atoms with Gasteiger partial charge in [-0.1, -0.05) is 37.6 Å². The standard InChI is InChI=1S/C28H30N2O5S/c1-16(2)10-12-35-21-9-8-19(15-22(21)34-5)24-23(25(31)20-14-17(3)6-7-18(20)4)26(32)27(33)30(24)28-29-11-13-36-28/h6-9,11,13-16,24,31H,10,12H2,1-5H3. The third kappa shape index (κ3) is 4.86. The minimum atomic E-state index is -0.880. The van der Waals surface area contributed by atoms with Crippen molar-refractivity contribution in [3.05, 3.63) is 75.8 Å². The fourth-order valence-electron chi connectivity index (χ4n) is 4.19. The summed E-state index contributed by atoms with van der Waals surface area (Å²) in [6.45, 7) is 8.55. The molecule has 0 saturated carbocycles. The molecule has 1 N–H and O–H groups in total. The highest BCUT2D eigenvalue weighted by molar-refractivity contribution is 7.14. The monoisotopic (exact) mass is 506 g/mol. The van der Waals surface area contributed by atoms with Crippen LogP contribution in [0, 0.1) is 19.8 Å². The molecule has 3 aromatic rings. The Morgan fingerprint density at radius 2 is 1.92 bits per heavy atom. The second-order valence-corrected chi connectivity index (χ2v) is 10.1. The van der Waals surface area contributed by atoms with Gasteiger partial charge in [0.1, 0.15) is 5.76 Å². The molecule has 2 aromatic carbocycles. The first kappa shape index (κ1) is 25.4. The minimum Gasteiger partial charge on any atom is -0.507 e. The molecule has 0 radical (unpaired) electrons. The molecule has 1 amide bonds. The number of aliphatic hydroxyl groups excluding tert-OH is 1. The number of carbonyl (C=O) groups excluding carboxylic acids is 2. The quantitative estimate of drug-likeness (QED) is 0.235. The Kier molecular flexibility index (Phi) is 7.45. The third-order valence-corrected chi connectivity index (χ3v) is 6.94. The van der Waals surface area contributed by atoms with E-state index in [1.807, 2.05) is 32.0 Å². The second-order valence-electron chi connectivity index (χ2n) is 9.24. The van der Waals surface area contributed by atoms with E-state index in [2.05, 4.69) is 18.8 Å². The fraction of sp³-hybridized carbons (Fsp3) is 0.321. The van der Waals surface area contributed by atoms with E-state index in [9.17, 15) is 14.7 Å². The van der Waals surface area contributed by atoms with Crippen LogP contribution in [0.25, 0.3) is 5.76 Å². The lowest BCUT2D eigenvalue weighted by atomic mass is 9.93. The molecule has 1 atom stereocenters. The SMILES string of the molecule is COc1cc(C2C(=C(O)c3cc(C)ccc3C)C(=O)C(=O)N2c2nccs2)ccc1OCCC(C)C. The normalized spacial score (nSPS) is 17.2. The number of hydrogen-bond donors (Lipinski definition) is 1. The molecule has 2 heterocycles. The number of aliphatic hydroxyl groups is 1. The van der Waals surface area contributed by atoms with E-state index in [4.69, 9.17) is 9.47 Å². The number of ether oxygens (including phenoxy) is 2. The second kappa shape index (κ2) is 10.5. The van der Waals surface area contributed by atoms with Crippen molar-refractivity contribution in [1.82, 2.24) is 4.98 Å². The zero-order valence-electron chi connectivity index (χ0n) is 21.1. The molecule has 4 rings (SSSR count). The van der Waals surface area contributed by atoms with Crippen LogP contribution in [-0.2, 0) is 9.59 Å². The van der Waals surface area contributed by atoms with Gasteiger partial charge in [-0.15, -0.1) is 11.3 Å². The number of Topliss-reactive ketones (excluding diaryl/α,β-unsaturated/α-hetero) is 1. The van der Waals surface area contributed by atoms with Crippen LogP contribution in [0.15, 0.2) is 53.5 Å². The van der Waals surface area contributed by atoms with E-state index in [0.717, 1.165) is 17.5 Å². The average molecular weight is 507 g/mol. The van der Waals surface area contributed by atoms with Gasteiger partial charge in [0.15, 0.2) is 16.6 Å². The van der Waals surface area contributed by atoms with Gasteiger partial charge in [-0.3, -0.25) is 14.5 Å². The molecule has 1 aliphatic rings. The number of thiazole rings is 1. The number of carbonyl (C=O) groups is 2. The zero-order valence-corrected chi connectivity index (χ0v) is 21.9. The molecular formula is C28H30N2O5S. The number of anilines is 1. The summed E-state index contributed by atoms with van der Waals surface area (Å²) in [6.07, 6.45) is 2.47. The predicted molar refractivity (Wildman–Crippen MR) is 141 cm³/mol. The Bertz CT molecular complexity index is 1310. The van der Waals surface area contributed by atoms with Crippen LogP contribution in [-0.4, -0.2) is 35.5 Å². The topological polar surface area (TPSA) is 89.0 Å². The summed E-state index contributed by atoms with van der Waals surface area (Å²) >= 11 is 1.25. The van der Waals surface area contributed by atoms with Gasteiger partial charge in [0.05, 0.1) is 25.3 Å². The van der Waals surface area contributed by atoms with Gasteiger partial charge in [0.2, 0.25) is 0 Å². The number of amides is 1. The van der Waals surface area contributed by atoms with E-state index >= 15 is 0 Å². The smallest absolute Gasteiger partial charge is 0.301 e. The zero-order chi connectivity index (χ0) is 26.0. The number of aryl methyl sites for hydroxylation is 2. The Morgan fingerprint density at radius 1 is 1.14 bits per heavy atom. The number of nitrogens with zero attached hydrogens (tertiary/aromatic N) is 2. The lowest BCUT2D eigenvalue weighted by Crippen LogP contribution is -2.29. The summed E-state index contributed by atoms with van der Waals surface area (Å²) in [5.41, 5.74) is 2.85. The van der Waals surface area contributed by atoms with Crippen LogP contribution in [0.1, 0.15) is 48.6 Å². The van der Waals surface area contributed by atoms with Crippen molar-refractivity contribution in [3.63, 3.8) is 0 Å². The summed E-state index contributed by atoms with van der Waals surface area (Å²) in [5.74, 6) is -0.161. The van der Waals surface area contributed by atoms with E-state index < -0.39 is 17.7 Å². The van der Waals surface area contributed by atoms with Crippen molar-refractivity contribution in [2.75, 3.05) is 18.6 Å². The molecule has 1 aromatic heterocycles. The molecule has 1 fully saturated rings. The summed E-state index contributed by atoms with van der Waals surface area (Å²) in [5, 5.41) is 13.5. The lowest BCUT2D eigenvalue weighted by molar-refractivity contribution is -0.132. The largest absolute Gasteiger partial charge is 0.507 e. The first-order chi connectivity index (χ1) is 17.2. The number of benzene rings is 2. The highest BCUT2D eigenvalue weighted by atomic mass is 32.1. The van der Waals surface area contributed by atoms with Gasteiger partial charge in [-0.25, -0.2) is 4.98 Å². The minimum absolute atomic E-state index is 0.0134. The van der Waals surface area contributed by atoms with Crippen LogP contribution in [0.4, 0.5) is 5.13 Å². The summed E-state index contributed by atoms with van der Waals surface area (Å²) in [6, 6.07) is 10.1. The van der Waals surface area contributed by atoms with Crippen molar-refractivity contribution < 1.29 is 24.2 Å². The fourth-order valence-corrected chi connectivity index (χ4v) is 4.86. The summed E-state index contributed by atoms with van der Waals surface area (Å²) in [4.78, 5) is 32.2. The Hall–Kier alpha value is -3.65. The Balaban J connectivity index is 1.86.